The van der Waals surface area contributed by atoms with Crippen molar-refractivity contribution in [1.29, 1.82) is 0 Å². The molecule has 1 fully saturated rings. The van der Waals surface area contributed by atoms with Crippen molar-refractivity contribution < 1.29 is 24.2 Å². The Kier molecular flexibility index (Phi) is 7.00. The lowest BCUT2D eigenvalue weighted by Crippen LogP contribution is -2.33. The van der Waals surface area contributed by atoms with Gasteiger partial charge in [0.05, 0.1) is 17.7 Å². The highest BCUT2D eigenvalue weighted by Crippen LogP contribution is 2.21. The fraction of sp³-hybridized carbons (Fsp3) is 0.333. The summed E-state index contributed by atoms with van der Waals surface area (Å²) in [4.78, 5) is 25.0. The molecule has 1 heterocycles. The highest BCUT2D eigenvalue weighted by atomic mass is 19.1. The number of carbonyl (C=O) groups excluding carboxylic acids is 1. The fourth-order valence-electron chi connectivity index (χ4n) is 3.71. The summed E-state index contributed by atoms with van der Waals surface area (Å²) in [6, 6.07) is 11.4. The summed E-state index contributed by atoms with van der Waals surface area (Å²) in [5, 5.41) is 19.3. The van der Waals surface area contributed by atoms with E-state index in [1.807, 2.05) is 6.08 Å². The highest BCUT2D eigenvalue weighted by molar-refractivity contribution is 5.87. The first-order valence-electron chi connectivity index (χ1n) is 10.1. The van der Waals surface area contributed by atoms with E-state index >= 15 is 0 Å². The van der Waals surface area contributed by atoms with Crippen molar-refractivity contribution in [3.63, 3.8) is 0 Å². The van der Waals surface area contributed by atoms with Gasteiger partial charge in [0, 0.05) is 19.4 Å². The number of nitrogens with zero attached hydrogens (tertiary/aromatic N) is 1. The Morgan fingerprint density at radius 2 is 1.93 bits per heavy atom. The average molecular weight is 411 g/mol. The van der Waals surface area contributed by atoms with Gasteiger partial charge in [-0.25, -0.2) is 9.18 Å². The van der Waals surface area contributed by atoms with Crippen LogP contribution in [0, 0.1) is 12.7 Å². The van der Waals surface area contributed by atoms with Gasteiger partial charge < -0.3 is 15.1 Å². The van der Waals surface area contributed by atoms with Crippen LogP contribution in [-0.4, -0.2) is 45.7 Å². The van der Waals surface area contributed by atoms with Crippen LogP contribution in [0.15, 0.2) is 54.6 Å². The Balaban J connectivity index is 1.57. The van der Waals surface area contributed by atoms with Gasteiger partial charge in [0.15, 0.2) is 0 Å². The summed E-state index contributed by atoms with van der Waals surface area (Å²) < 4.78 is 13.4. The zero-order valence-electron chi connectivity index (χ0n) is 16.9. The molecular formula is C24H26FNO4. The molecule has 5 nitrogen and oxygen atoms in total. The van der Waals surface area contributed by atoms with E-state index < -0.39 is 12.1 Å². The second-order valence-corrected chi connectivity index (χ2v) is 7.69. The molecule has 3 rings (SSSR count). The minimum absolute atomic E-state index is 0.0691. The lowest BCUT2D eigenvalue weighted by atomic mass is 10.0. The molecule has 6 heteroatoms. The molecule has 0 spiro atoms. The minimum Gasteiger partial charge on any atom is -0.478 e. The summed E-state index contributed by atoms with van der Waals surface area (Å²) in [6.07, 6.45) is 5.06. The molecule has 2 N–H and O–H groups in total. The third-order valence-corrected chi connectivity index (χ3v) is 5.44. The number of halogens is 1. The molecule has 0 unspecified atom stereocenters. The third-order valence-electron chi connectivity index (χ3n) is 5.44. The number of carboxylic acids is 1. The van der Waals surface area contributed by atoms with E-state index in [-0.39, 0.29) is 23.3 Å². The molecule has 0 bridgehead atoms. The Morgan fingerprint density at radius 3 is 2.60 bits per heavy atom. The van der Waals surface area contributed by atoms with Gasteiger partial charge >= 0.3 is 5.97 Å². The van der Waals surface area contributed by atoms with Crippen molar-refractivity contribution in [1.82, 2.24) is 4.90 Å². The van der Waals surface area contributed by atoms with E-state index in [2.05, 4.69) is 0 Å². The van der Waals surface area contributed by atoms with E-state index in [4.69, 9.17) is 5.11 Å². The molecule has 0 saturated carbocycles. The molecular weight excluding hydrogens is 385 g/mol. The van der Waals surface area contributed by atoms with Gasteiger partial charge in [-0.1, -0.05) is 36.4 Å². The van der Waals surface area contributed by atoms with Crippen molar-refractivity contribution in [2.75, 3.05) is 6.54 Å². The van der Waals surface area contributed by atoms with Gasteiger partial charge in [-0.15, -0.1) is 0 Å². The van der Waals surface area contributed by atoms with Crippen LogP contribution in [0.5, 0.6) is 0 Å². The largest absolute Gasteiger partial charge is 0.478 e. The van der Waals surface area contributed by atoms with E-state index in [1.54, 1.807) is 54.3 Å². The maximum absolute atomic E-state index is 13.4. The molecule has 1 amide bonds. The quantitative estimate of drug-likeness (QED) is 0.652. The maximum Gasteiger partial charge on any atom is 0.335 e. The van der Waals surface area contributed by atoms with Gasteiger partial charge in [0.1, 0.15) is 5.82 Å². The van der Waals surface area contributed by atoms with E-state index in [0.717, 1.165) is 11.1 Å². The zero-order chi connectivity index (χ0) is 21.7. The number of rotatable bonds is 8. The number of aliphatic hydroxyl groups is 1. The van der Waals surface area contributed by atoms with Crippen LogP contribution in [0.2, 0.25) is 0 Å². The van der Waals surface area contributed by atoms with Crippen molar-refractivity contribution in [3.05, 3.63) is 82.7 Å². The molecule has 0 radical (unpaired) electrons. The number of hydrogen-bond donors (Lipinski definition) is 2. The number of amides is 1. The number of carboxylic acid groups (broad SMARTS) is 1. The molecule has 1 aliphatic rings. The number of aromatic carboxylic acids is 1. The highest BCUT2D eigenvalue weighted by Gasteiger charge is 2.28. The standard InChI is InChI=1S/C24H26FNO4/c1-16-14-18(4-10-22(16)25)15-21(27)9-7-20-8-11-23(28)26(20)13-12-17-2-5-19(6-3-17)24(29)30/h2-7,9-10,14,20-21,27H,8,11-13,15H2,1H3,(H,29,30)/t20-,21+/m0/s1. The van der Waals surface area contributed by atoms with Crippen LogP contribution >= 0.6 is 0 Å². The predicted molar refractivity (Wildman–Crippen MR) is 112 cm³/mol. The van der Waals surface area contributed by atoms with Crippen molar-refractivity contribution in [3.8, 4) is 0 Å². The lowest BCUT2D eigenvalue weighted by molar-refractivity contribution is -0.128. The van der Waals surface area contributed by atoms with E-state index in [0.29, 0.717) is 37.8 Å². The van der Waals surface area contributed by atoms with Crippen LogP contribution in [0.4, 0.5) is 4.39 Å². The van der Waals surface area contributed by atoms with Gasteiger partial charge in [-0.05, 0) is 54.7 Å². The first-order valence-corrected chi connectivity index (χ1v) is 10.1. The lowest BCUT2D eigenvalue weighted by Gasteiger charge is -2.23. The first-order chi connectivity index (χ1) is 14.3. The molecule has 2 aromatic carbocycles. The maximum atomic E-state index is 13.4. The van der Waals surface area contributed by atoms with Crippen LogP contribution in [0.25, 0.3) is 0 Å². The molecule has 2 atom stereocenters. The number of aliphatic hydroxyl groups excluding tert-OH is 1. The van der Waals surface area contributed by atoms with Crippen LogP contribution in [0.3, 0.4) is 0 Å². The molecule has 30 heavy (non-hydrogen) atoms. The smallest absolute Gasteiger partial charge is 0.335 e. The number of hydrogen-bond acceptors (Lipinski definition) is 3. The number of carbonyl (C=O) groups is 2. The van der Waals surface area contributed by atoms with Crippen molar-refractivity contribution >= 4 is 11.9 Å². The topological polar surface area (TPSA) is 77.8 Å². The van der Waals surface area contributed by atoms with E-state index in [1.165, 1.54) is 6.07 Å². The average Bonchev–Trinajstić information content (AvgIpc) is 3.07. The van der Waals surface area contributed by atoms with E-state index in [9.17, 15) is 19.1 Å². The van der Waals surface area contributed by atoms with Crippen LogP contribution < -0.4 is 0 Å². The van der Waals surface area contributed by atoms with Gasteiger partial charge in [-0.2, -0.15) is 0 Å². The Hall–Kier alpha value is -2.99. The summed E-state index contributed by atoms with van der Waals surface area (Å²) >= 11 is 0. The fourth-order valence-corrected chi connectivity index (χ4v) is 3.71. The molecule has 1 saturated heterocycles. The summed E-state index contributed by atoms with van der Waals surface area (Å²) in [7, 11) is 0. The predicted octanol–water partition coefficient (Wildman–Crippen LogP) is 3.53. The number of likely N-dealkylation sites (tertiary alicyclic amines) is 1. The van der Waals surface area contributed by atoms with Gasteiger partial charge in [-0.3, -0.25) is 4.79 Å². The summed E-state index contributed by atoms with van der Waals surface area (Å²) in [5.74, 6) is -1.15. The summed E-state index contributed by atoms with van der Waals surface area (Å²) in [5.41, 5.74) is 2.61. The second-order valence-electron chi connectivity index (χ2n) is 7.69. The Labute approximate surface area is 175 Å². The Bertz CT molecular complexity index is 939. The molecule has 1 aliphatic heterocycles. The molecule has 0 aliphatic carbocycles. The Morgan fingerprint density at radius 1 is 1.23 bits per heavy atom. The number of benzene rings is 2. The zero-order valence-corrected chi connectivity index (χ0v) is 16.9. The number of aryl methyl sites for hydroxylation is 1. The molecule has 158 valence electrons. The SMILES string of the molecule is Cc1cc(C[C@H](O)C=C[C@H]2CCC(=O)N2CCc2ccc(C(=O)O)cc2)ccc1F. The second kappa shape index (κ2) is 9.67. The monoisotopic (exact) mass is 411 g/mol. The van der Waals surface area contributed by atoms with Gasteiger partial charge in [0.25, 0.3) is 0 Å². The van der Waals surface area contributed by atoms with Crippen LogP contribution in [-0.2, 0) is 17.6 Å². The summed E-state index contributed by atoms with van der Waals surface area (Å²) in [6.45, 7) is 2.23. The normalized spacial score (nSPS) is 17.6. The molecule has 0 aromatic heterocycles. The minimum atomic E-state index is -0.962. The molecule has 2 aromatic rings. The van der Waals surface area contributed by atoms with Crippen molar-refractivity contribution in [2.45, 2.75) is 44.8 Å². The van der Waals surface area contributed by atoms with Crippen molar-refractivity contribution in [2.24, 2.45) is 0 Å². The third kappa shape index (κ3) is 5.54. The van der Waals surface area contributed by atoms with Gasteiger partial charge in [0.2, 0.25) is 5.91 Å². The first kappa shape index (κ1) is 21.7. The van der Waals surface area contributed by atoms with Crippen LogP contribution in [0.1, 0.15) is 39.9 Å².